The molecule has 0 saturated carbocycles. The summed E-state index contributed by atoms with van der Waals surface area (Å²) < 4.78 is 7.96. The van der Waals surface area contributed by atoms with Crippen molar-refractivity contribution in [1.82, 2.24) is 19.7 Å². The Hall–Kier alpha value is -2.14. The van der Waals surface area contributed by atoms with Crippen molar-refractivity contribution in [3.8, 4) is 0 Å². The number of likely N-dealkylation sites (tertiary alicyclic amines) is 1. The number of benzene rings is 1. The second kappa shape index (κ2) is 6.16. The summed E-state index contributed by atoms with van der Waals surface area (Å²) in [5, 5.41) is 4.30. The third-order valence-electron chi connectivity index (χ3n) is 4.82. The van der Waals surface area contributed by atoms with Crippen molar-refractivity contribution in [2.24, 2.45) is 0 Å². The maximum atomic E-state index is 5.94. The predicted octanol–water partition coefficient (Wildman–Crippen LogP) is 3.29. The Morgan fingerprint density at radius 3 is 2.78 bits per heavy atom. The van der Waals surface area contributed by atoms with Crippen LogP contribution < -0.4 is 0 Å². The highest BCUT2D eigenvalue weighted by molar-refractivity contribution is 5.72. The number of hydrogen-bond donors (Lipinski definition) is 0. The van der Waals surface area contributed by atoms with Crippen LogP contribution in [0.5, 0.6) is 0 Å². The fourth-order valence-corrected chi connectivity index (χ4v) is 3.45. The minimum absolute atomic E-state index is 0.440. The maximum absolute atomic E-state index is 5.94. The predicted molar refractivity (Wildman–Crippen MR) is 89.2 cm³/mol. The molecule has 23 heavy (non-hydrogen) atoms. The molecule has 2 aromatic heterocycles. The summed E-state index contributed by atoms with van der Waals surface area (Å²) in [5.74, 6) is 1.35. The first-order valence-electron chi connectivity index (χ1n) is 8.36. The Bertz CT molecular complexity index is 723. The SMILES string of the molecule is CC(Cn1cccn1)N1CCC(c2nc3ccccc3o2)CC1. The first-order chi connectivity index (χ1) is 11.3. The number of aromatic nitrogens is 3. The fourth-order valence-electron chi connectivity index (χ4n) is 3.45. The van der Waals surface area contributed by atoms with Gasteiger partial charge < -0.3 is 4.42 Å². The van der Waals surface area contributed by atoms with Crippen molar-refractivity contribution in [3.63, 3.8) is 0 Å². The lowest BCUT2D eigenvalue weighted by atomic mass is 9.96. The second-order valence-electron chi connectivity index (χ2n) is 6.41. The Morgan fingerprint density at radius 2 is 2.04 bits per heavy atom. The van der Waals surface area contributed by atoms with Gasteiger partial charge in [-0.15, -0.1) is 0 Å². The highest BCUT2D eigenvalue weighted by atomic mass is 16.3. The quantitative estimate of drug-likeness (QED) is 0.742. The van der Waals surface area contributed by atoms with Crippen molar-refractivity contribution >= 4 is 11.1 Å². The van der Waals surface area contributed by atoms with Gasteiger partial charge in [0, 0.05) is 24.4 Å². The standard InChI is InChI=1S/C18H22N4O/c1-14(13-22-10-4-9-19-22)21-11-7-15(8-12-21)18-20-16-5-2-3-6-17(16)23-18/h2-6,9-10,14-15H,7-8,11-13H2,1H3. The van der Waals surface area contributed by atoms with Crippen LogP contribution in [-0.4, -0.2) is 38.8 Å². The second-order valence-corrected chi connectivity index (χ2v) is 6.41. The molecule has 1 unspecified atom stereocenters. The smallest absolute Gasteiger partial charge is 0.198 e. The van der Waals surface area contributed by atoms with Gasteiger partial charge in [-0.3, -0.25) is 9.58 Å². The molecule has 1 aromatic carbocycles. The molecule has 1 fully saturated rings. The van der Waals surface area contributed by atoms with Crippen LogP contribution in [0.1, 0.15) is 31.6 Å². The highest BCUT2D eigenvalue weighted by Gasteiger charge is 2.27. The molecular weight excluding hydrogens is 288 g/mol. The Kier molecular flexibility index (Phi) is 3.87. The highest BCUT2D eigenvalue weighted by Crippen LogP contribution is 2.30. The largest absolute Gasteiger partial charge is 0.440 e. The van der Waals surface area contributed by atoms with Crippen molar-refractivity contribution in [3.05, 3.63) is 48.6 Å². The number of fused-ring (bicyclic) bond motifs is 1. The van der Waals surface area contributed by atoms with Gasteiger partial charge in [0.05, 0.1) is 6.54 Å². The van der Waals surface area contributed by atoms with E-state index in [0.29, 0.717) is 12.0 Å². The van der Waals surface area contributed by atoms with Gasteiger partial charge in [-0.2, -0.15) is 5.10 Å². The van der Waals surface area contributed by atoms with E-state index in [1.165, 1.54) is 0 Å². The number of oxazole rings is 1. The third kappa shape index (κ3) is 3.01. The number of nitrogens with zero attached hydrogens (tertiary/aromatic N) is 4. The van der Waals surface area contributed by atoms with E-state index in [1.807, 2.05) is 47.4 Å². The van der Waals surface area contributed by atoms with Crippen LogP contribution in [0.15, 0.2) is 47.1 Å². The van der Waals surface area contributed by atoms with Crippen molar-refractivity contribution < 1.29 is 4.42 Å². The van der Waals surface area contributed by atoms with E-state index < -0.39 is 0 Å². The normalized spacial score (nSPS) is 18.5. The van der Waals surface area contributed by atoms with Crippen LogP contribution in [0, 0.1) is 0 Å². The van der Waals surface area contributed by atoms with Crippen LogP contribution in [0.4, 0.5) is 0 Å². The monoisotopic (exact) mass is 310 g/mol. The molecule has 120 valence electrons. The zero-order chi connectivity index (χ0) is 15.6. The average Bonchev–Trinajstić information content (AvgIpc) is 3.24. The molecule has 0 bridgehead atoms. The molecule has 0 spiro atoms. The summed E-state index contributed by atoms with van der Waals surface area (Å²) in [6.45, 7) is 5.40. The molecule has 4 rings (SSSR count). The van der Waals surface area contributed by atoms with E-state index in [0.717, 1.165) is 49.5 Å². The molecular formula is C18H22N4O. The van der Waals surface area contributed by atoms with Gasteiger partial charge in [0.15, 0.2) is 11.5 Å². The lowest BCUT2D eigenvalue weighted by Gasteiger charge is -2.35. The lowest BCUT2D eigenvalue weighted by molar-refractivity contribution is 0.140. The van der Waals surface area contributed by atoms with Gasteiger partial charge in [-0.25, -0.2) is 4.98 Å². The molecule has 3 aromatic rings. The zero-order valence-corrected chi connectivity index (χ0v) is 13.4. The first-order valence-corrected chi connectivity index (χ1v) is 8.36. The lowest BCUT2D eigenvalue weighted by Crippen LogP contribution is -2.41. The van der Waals surface area contributed by atoms with Crippen molar-refractivity contribution in [2.75, 3.05) is 13.1 Å². The van der Waals surface area contributed by atoms with Gasteiger partial charge in [-0.1, -0.05) is 12.1 Å². The molecule has 0 amide bonds. The summed E-state index contributed by atoms with van der Waals surface area (Å²) >= 11 is 0. The average molecular weight is 310 g/mol. The number of piperidine rings is 1. The van der Waals surface area contributed by atoms with Gasteiger partial charge >= 0.3 is 0 Å². The molecule has 5 nitrogen and oxygen atoms in total. The van der Waals surface area contributed by atoms with Crippen LogP contribution in [0.3, 0.4) is 0 Å². The molecule has 0 N–H and O–H groups in total. The van der Waals surface area contributed by atoms with Gasteiger partial charge in [0.1, 0.15) is 5.52 Å². The molecule has 0 radical (unpaired) electrons. The minimum Gasteiger partial charge on any atom is -0.440 e. The summed E-state index contributed by atoms with van der Waals surface area (Å²) in [6, 6.07) is 10.5. The van der Waals surface area contributed by atoms with Crippen LogP contribution in [0.2, 0.25) is 0 Å². The molecule has 1 aliphatic rings. The minimum atomic E-state index is 0.440. The summed E-state index contributed by atoms with van der Waals surface area (Å²) in [6.07, 6.45) is 6.08. The van der Waals surface area contributed by atoms with E-state index in [-0.39, 0.29) is 0 Å². The van der Waals surface area contributed by atoms with Gasteiger partial charge in [-0.05, 0) is 51.1 Å². The van der Waals surface area contributed by atoms with E-state index in [1.54, 1.807) is 0 Å². The zero-order valence-electron chi connectivity index (χ0n) is 13.4. The first kappa shape index (κ1) is 14.5. The van der Waals surface area contributed by atoms with Crippen molar-refractivity contribution in [1.29, 1.82) is 0 Å². The number of para-hydroxylation sites is 2. The summed E-state index contributed by atoms with van der Waals surface area (Å²) in [7, 11) is 0. The summed E-state index contributed by atoms with van der Waals surface area (Å²) in [4.78, 5) is 7.21. The number of rotatable bonds is 4. The van der Waals surface area contributed by atoms with Gasteiger partial charge in [0.2, 0.25) is 0 Å². The van der Waals surface area contributed by atoms with E-state index in [2.05, 4.69) is 21.9 Å². The summed E-state index contributed by atoms with van der Waals surface area (Å²) in [5.41, 5.74) is 1.87. The van der Waals surface area contributed by atoms with Crippen LogP contribution in [-0.2, 0) is 6.54 Å². The van der Waals surface area contributed by atoms with E-state index >= 15 is 0 Å². The van der Waals surface area contributed by atoms with E-state index in [4.69, 9.17) is 4.42 Å². The maximum Gasteiger partial charge on any atom is 0.198 e. The molecule has 3 heterocycles. The molecule has 0 aliphatic carbocycles. The third-order valence-corrected chi connectivity index (χ3v) is 4.82. The molecule has 5 heteroatoms. The van der Waals surface area contributed by atoms with E-state index in [9.17, 15) is 0 Å². The Morgan fingerprint density at radius 1 is 1.22 bits per heavy atom. The molecule has 1 atom stereocenters. The fraction of sp³-hybridized carbons (Fsp3) is 0.444. The van der Waals surface area contributed by atoms with Crippen molar-refractivity contribution in [2.45, 2.75) is 38.3 Å². The Balaban J connectivity index is 1.38. The number of hydrogen-bond acceptors (Lipinski definition) is 4. The van der Waals surface area contributed by atoms with Crippen LogP contribution in [0.25, 0.3) is 11.1 Å². The Labute approximate surface area is 135 Å². The molecule has 1 aliphatic heterocycles. The van der Waals surface area contributed by atoms with Gasteiger partial charge in [0.25, 0.3) is 0 Å². The molecule has 1 saturated heterocycles. The van der Waals surface area contributed by atoms with Crippen LogP contribution >= 0.6 is 0 Å². The topological polar surface area (TPSA) is 47.1 Å².